The number of pyridine rings is 1. The average molecular weight is 336 g/mol. The number of hydrogen-bond donors (Lipinski definition) is 1. The van der Waals surface area contributed by atoms with Crippen LogP contribution in [0.3, 0.4) is 0 Å². The molecule has 1 aromatic carbocycles. The maximum Gasteiger partial charge on any atom is 0.181 e. The molecule has 3 aromatic rings. The summed E-state index contributed by atoms with van der Waals surface area (Å²) in [6, 6.07) is 7.40. The van der Waals surface area contributed by atoms with Crippen LogP contribution in [0.15, 0.2) is 35.2 Å². The third-order valence-corrected chi connectivity index (χ3v) is 4.09. The quantitative estimate of drug-likeness (QED) is 0.760. The number of methoxy groups -OCH3 is 1. The van der Waals surface area contributed by atoms with Crippen LogP contribution in [0.5, 0.6) is 5.75 Å². The second-order valence-electron chi connectivity index (χ2n) is 6.35. The number of benzene rings is 1. The fraction of sp³-hybridized carbons (Fsp3) is 0.316. The summed E-state index contributed by atoms with van der Waals surface area (Å²) in [7, 11) is 1.58. The standard InChI is InChI=1S/C19H20N4O2/c1-11(2)6-14(21)15-7-12(8-20)13-4-5-16(24-3)18(19(13)23-15)17-9-22-10-25-17/h4-5,7,9-11,14H,6,21H2,1-3H3. The summed E-state index contributed by atoms with van der Waals surface area (Å²) in [6.07, 6.45) is 3.74. The lowest BCUT2D eigenvalue weighted by atomic mass is 9.97. The fourth-order valence-corrected chi connectivity index (χ4v) is 2.95. The Hall–Kier alpha value is -2.91. The number of nitriles is 1. The Balaban J connectivity index is 2.31. The third kappa shape index (κ3) is 3.19. The molecule has 0 radical (unpaired) electrons. The van der Waals surface area contributed by atoms with E-state index in [1.165, 1.54) is 6.39 Å². The van der Waals surface area contributed by atoms with Gasteiger partial charge in [0, 0.05) is 11.4 Å². The second-order valence-corrected chi connectivity index (χ2v) is 6.35. The van der Waals surface area contributed by atoms with Gasteiger partial charge in [-0.05, 0) is 30.5 Å². The van der Waals surface area contributed by atoms with Crippen molar-refractivity contribution in [1.82, 2.24) is 9.97 Å². The maximum absolute atomic E-state index is 9.59. The van der Waals surface area contributed by atoms with E-state index in [2.05, 4.69) is 24.9 Å². The number of nitrogens with zero attached hydrogens (tertiary/aromatic N) is 3. The minimum atomic E-state index is -0.245. The zero-order chi connectivity index (χ0) is 18.0. The van der Waals surface area contributed by atoms with E-state index < -0.39 is 0 Å². The first-order valence-electron chi connectivity index (χ1n) is 8.11. The molecule has 6 heteroatoms. The highest BCUT2D eigenvalue weighted by Crippen LogP contribution is 2.37. The van der Waals surface area contributed by atoms with Crippen molar-refractivity contribution in [3.63, 3.8) is 0 Å². The van der Waals surface area contributed by atoms with Gasteiger partial charge in [0.2, 0.25) is 0 Å². The lowest BCUT2D eigenvalue weighted by Gasteiger charge is -2.16. The summed E-state index contributed by atoms with van der Waals surface area (Å²) in [4.78, 5) is 8.74. The largest absolute Gasteiger partial charge is 0.496 e. The zero-order valence-corrected chi connectivity index (χ0v) is 14.5. The van der Waals surface area contributed by atoms with Crippen molar-refractivity contribution >= 4 is 10.9 Å². The first-order valence-corrected chi connectivity index (χ1v) is 8.11. The van der Waals surface area contributed by atoms with Crippen molar-refractivity contribution in [2.24, 2.45) is 11.7 Å². The van der Waals surface area contributed by atoms with Crippen LogP contribution in [0.1, 0.15) is 37.6 Å². The number of aromatic nitrogens is 2. The highest BCUT2D eigenvalue weighted by Gasteiger charge is 2.20. The SMILES string of the molecule is COc1ccc2c(C#N)cc(C(N)CC(C)C)nc2c1-c1cnco1. The lowest BCUT2D eigenvalue weighted by molar-refractivity contribution is 0.415. The summed E-state index contributed by atoms with van der Waals surface area (Å²) in [6.45, 7) is 4.21. The Bertz CT molecular complexity index is 927. The summed E-state index contributed by atoms with van der Waals surface area (Å²) in [5, 5.41) is 10.3. The van der Waals surface area contributed by atoms with Crippen LogP contribution < -0.4 is 10.5 Å². The number of fused-ring (bicyclic) bond motifs is 1. The van der Waals surface area contributed by atoms with Gasteiger partial charge in [-0.15, -0.1) is 0 Å². The van der Waals surface area contributed by atoms with E-state index in [-0.39, 0.29) is 6.04 Å². The van der Waals surface area contributed by atoms with E-state index in [4.69, 9.17) is 19.9 Å². The topological polar surface area (TPSA) is 98.0 Å². The van der Waals surface area contributed by atoms with Crippen LogP contribution >= 0.6 is 0 Å². The van der Waals surface area contributed by atoms with Gasteiger partial charge in [-0.25, -0.2) is 4.98 Å². The number of ether oxygens (including phenoxy) is 1. The molecule has 1 atom stereocenters. The van der Waals surface area contributed by atoms with Gasteiger partial charge in [0.15, 0.2) is 12.2 Å². The normalized spacial score (nSPS) is 12.3. The molecular formula is C19H20N4O2. The predicted molar refractivity (Wildman–Crippen MR) is 94.9 cm³/mol. The number of nitrogens with two attached hydrogens (primary N) is 1. The van der Waals surface area contributed by atoms with Gasteiger partial charge < -0.3 is 14.9 Å². The Labute approximate surface area is 146 Å². The van der Waals surface area contributed by atoms with Gasteiger partial charge in [0.1, 0.15) is 5.75 Å². The van der Waals surface area contributed by atoms with Crippen LogP contribution in [0.2, 0.25) is 0 Å². The number of rotatable bonds is 5. The first-order chi connectivity index (χ1) is 12.0. The van der Waals surface area contributed by atoms with Gasteiger partial charge in [-0.3, -0.25) is 4.98 Å². The zero-order valence-electron chi connectivity index (χ0n) is 14.5. The van der Waals surface area contributed by atoms with Gasteiger partial charge in [-0.2, -0.15) is 5.26 Å². The molecule has 0 aliphatic carbocycles. The van der Waals surface area contributed by atoms with Crippen LogP contribution in [-0.2, 0) is 0 Å². The Kier molecular flexibility index (Phi) is 4.68. The smallest absolute Gasteiger partial charge is 0.181 e. The van der Waals surface area contributed by atoms with E-state index in [0.717, 1.165) is 11.8 Å². The summed E-state index contributed by atoms with van der Waals surface area (Å²) in [5.41, 5.74) is 8.83. The molecule has 1 unspecified atom stereocenters. The van der Waals surface area contributed by atoms with Crippen LogP contribution in [0.4, 0.5) is 0 Å². The molecule has 0 fully saturated rings. The van der Waals surface area contributed by atoms with Crippen LogP contribution in [0.25, 0.3) is 22.2 Å². The molecule has 2 aromatic heterocycles. The monoisotopic (exact) mass is 336 g/mol. The van der Waals surface area contributed by atoms with Crippen molar-refractivity contribution in [3.05, 3.63) is 42.0 Å². The van der Waals surface area contributed by atoms with Gasteiger partial charge >= 0.3 is 0 Å². The number of hydrogen-bond acceptors (Lipinski definition) is 6. The highest BCUT2D eigenvalue weighted by molar-refractivity contribution is 5.98. The molecule has 0 aliphatic heterocycles. The molecule has 0 aliphatic rings. The van der Waals surface area contributed by atoms with Gasteiger partial charge in [-0.1, -0.05) is 13.8 Å². The molecule has 2 heterocycles. The van der Waals surface area contributed by atoms with E-state index in [1.54, 1.807) is 25.4 Å². The Morgan fingerprint density at radius 2 is 2.16 bits per heavy atom. The van der Waals surface area contributed by atoms with Crippen molar-refractivity contribution in [2.45, 2.75) is 26.3 Å². The summed E-state index contributed by atoms with van der Waals surface area (Å²) < 4.78 is 10.9. The molecule has 2 N–H and O–H groups in total. The molecule has 3 rings (SSSR count). The lowest BCUT2D eigenvalue weighted by Crippen LogP contribution is -2.15. The minimum Gasteiger partial charge on any atom is -0.496 e. The third-order valence-electron chi connectivity index (χ3n) is 4.09. The molecule has 0 saturated carbocycles. The number of oxazole rings is 1. The molecule has 0 saturated heterocycles. The summed E-state index contributed by atoms with van der Waals surface area (Å²) in [5.74, 6) is 1.57. The molecule has 0 spiro atoms. The van der Waals surface area contributed by atoms with E-state index in [0.29, 0.717) is 39.8 Å². The fourth-order valence-electron chi connectivity index (χ4n) is 2.95. The first kappa shape index (κ1) is 16.9. The maximum atomic E-state index is 9.59. The highest BCUT2D eigenvalue weighted by atomic mass is 16.5. The van der Waals surface area contributed by atoms with Crippen molar-refractivity contribution in [1.29, 1.82) is 5.26 Å². The molecule has 25 heavy (non-hydrogen) atoms. The van der Waals surface area contributed by atoms with Gasteiger partial charge in [0.25, 0.3) is 0 Å². The molecule has 0 amide bonds. The van der Waals surface area contributed by atoms with E-state index >= 15 is 0 Å². The molecule has 6 nitrogen and oxygen atoms in total. The Morgan fingerprint density at radius 1 is 1.36 bits per heavy atom. The van der Waals surface area contributed by atoms with E-state index in [1.807, 2.05) is 6.07 Å². The minimum absolute atomic E-state index is 0.245. The predicted octanol–water partition coefficient (Wildman–Crippen LogP) is 3.82. The molecule has 0 bridgehead atoms. The van der Waals surface area contributed by atoms with Crippen molar-refractivity contribution < 1.29 is 9.15 Å². The molecular weight excluding hydrogens is 316 g/mol. The van der Waals surface area contributed by atoms with E-state index in [9.17, 15) is 5.26 Å². The van der Waals surface area contributed by atoms with Crippen molar-refractivity contribution in [2.75, 3.05) is 7.11 Å². The molecule has 128 valence electrons. The average Bonchev–Trinajstić information content (AvgIpc) is 3.13. The second kappa shape index (κ2) is 6.91. The van der Waals surface area contributed by atoms with Crippen molar-refractivity contribution in [3.8, 4) is 23.1 Å². The summed E-state index contributed by atoms with van der Waals surface area (Å²) >= 11 is 0. The van der Waals surface area contributed by atoms with Crippen LogP contribution in [0, 0.1) is 17.2 Å². The van der Waals surface area contributed by atoms with Gasteiger partial charge in [0.05, 0.1) is 41.7 Å². The van der Waals surface area contributed by atoms with Crippen LogP contribution in [-0.4, -0.2) is 17.1 Å². The Morgan fingerprint density at radius 3 is 2.76 bits per heavy atom.